The Morgan fingerprint density at radius 2 is 1.62 bits per heavy atom. The van der Waals surface area contributed by atoms with Gasteiger partial charge in [-0.3, -0.25) is 9.69 Å². The summed E-state index contributed by atoms with van der Waals surface area (Å²) in [6, 6.07) is 21.1. The number of benzene rings is 3. The first-order valence-electron chi connectivity index (χ1n) is 11.4. The summed E-state index contributed by atoms with van der Waals surface area (Å²) in [6.07, 6.45) is 0. The molecule has 3 aromatic carbocycles. The Hall–Kier alpha value is -3.68. The Morgan fingerprint density at radius 1 is 0.912 bits per heavy atom. The van der Waals surface area contributed by atoms with Crippen LogP contribution in [0.2, 0.25) is 0 Å². The van der Waals surface area contributed by atoms with E-state index in [1.54, 1.807) is 7.11 Å². The maximum Gasteiger partial charge on any atom is 0.251 e. The van der Waals surface area contributed by atoms with Gasteiger partial charge in [0.1, 0.15) is 23.9 Å². The highest BCUT2D eigenvalue weighted by molar-refractivity contribution is 5.87. The van der Waals surface area contributed by atoms with E-state index in [4.69, 9.17) is 19.2 Å². The van der Waals surface area contributed by atoms with E-state index in [9.17, 15) is 4.79 Å². The van der Waals surface area contributed by atoms with Crippen LogP contribution in [0.4, 0.5) is 0 Å². The van der Waals surface area contributed by atoms with E-state index in [1.165, 1.54) is 6.07 Å². The molecule has 0 bridgehead atoms. The predicted molar refractivity (Wildman–Crippen MR) is 133 cm³/mol. The first-order valence-corrected chi connectivity index (χ1v) is 11.4. The highest BCUT2D eigenvalue weighted by Gasteiger charge is 2.11. The normalized spacial score (nSPS) is 14.3. The van der Waals surface area contributed by atoms with Crippen LogP contribution in [0.1, 0.15) is 0 Å². The molecule has 5 rings (SSSR count). The zero-order chi connectivity index (χ0) is 23.3. The molecule has 2 heterocycles. The summed E-state index contributed by atoms with van der Waals surface area (Å²) in [5.74, 6) is 2.14. The lowest BCUT2D eigenvalue weighted by Gasteiger charge is -2.26. The van der Waals surface area contributed by atoms with Crippen LogP contribution in [-0.4, -0.2) is 61.4 Å². The number of nitrogens with zero attached hydrogens (tertiary/aromatic N) is 2. The summed E-state index contributed by atoms with van der Waals surface area (Å²) in [6.45, 7) is 5.04. The predicted octanol–water partition coefficient (Wildman–Crippen LogP) is 3.98. The Labute approximate surface area is 197 Å². The molecule has 0 amide bonds. The Kier molecular flexibility index (Phi) is 6.56. The lowest BCUT2D eigenvalue weighted by Crippen LogP contribution is -2.38. The van der Waals surface area contributed by atoms with Gasteiger partial charge in [-0.05, 0) is 53.2 Å². The molecule has 1 N–H and O–H groups in total. The number of nitrogens with one attached hydrogen (secondary N) is 1. The highest BCUT2D eigenvalue weighted by Crippen LogP contribution is 2.27. The second-order valence-corrected chi connectivity index (χ2v) is 8.23. The van der Waals surface area contributed by atoms with Crippen LogP contribution in [-0.2, 0) is 4.74 Å². The monoisotopic (exact) mass is 457 g/mol. The second kappa shape index (κ2) is 10.1. The Balaban J connectivity index is 1.34. The summed E-state index contributed by atoms with van der Waals surface area (Å²) in [7, 11) is 1.62. The van der Waals surface area contributed by atoms with Crippen LogP contribution < -0.4 is 15.0 Å². The highest BCUT2D eigenvalue weighted by atomic mass is 16.5. The van der Waals surface area contributed by atoms with Crippen LogP contribution in [0.25, 0.3) is 33.4 Å². The SMILES string of the molecule is COc1ccc(-c2cc(=O)[nH]c(-c3ccc4cc(OCCN5CCOCC5)ccc4c3)n2)cc1. The van der Waals surface area contributed by atoms with E-state index >= 15 is 0 Å². The van der Waals surface area contributed by atoms with Crippen molar-refractivity contribution in [3.05, 3.63) is 77.1 Å². The van der Waals surface area contributed by atoms with E-state index in [-0.39, 0.29) is 5.56 Å². The van der Waals surface area contributed by atoms with E-state index in [0.717, 1.165) is 66.2 Å². The number of hydrogen-bond acceptors (Lipinski definition) is 6. The number of methoxy groups -OCH3 is 1. The number of fused-ring (bicyclic) bond motifs is 1. The molecule has 174 valence electrons. The van der Waals surface area contributed by atoms with Gasteiger partial charge in [0.25, 0.3) is 5.56 Å². The van der Waals surface area contributed by atoms with Gasteiger partial charge in [0.2, 0.25) is 0 Å². The van der Waals surface area contributed by atoms with Crippen molar-refractivity contribution in [2.75, 3.05) is 46.6 Å². The quantitative estimate of drug-likeness (QED) is 0.453. The molecular formula is C27H27N3O4. The van der Waals surface area contributed by atoms with Crippen LogP contribution in [0.3, 0.4) is 0 Å². The van der Waals surface area contributed by atoms with Crippen molar-refractivity contribution in [1.29, 1.82) is 0 Å². The zero-order valence-electron chi connectivity index (χ0n) is 19.1. The van der Waals surface area contributed by atoms with Gasteiger partial charge in [-0.15, -0.1) is 0 Å². The average molecular weight is 458 g/mol. The van der Waals surface area contributed by atoms with Gasteiger partial charge in [-0.25, -0.2) is 4.98 Å². The maximum atomic E-state index is 12.4. The fraction of sp³-hybridized carbons (Fsp3) is 0.259. The number of aromatic amines is 1. The van der Waals surface area contributed by atoms with Gasteiger partial charge in [0.15, 0.2) is 0 Å². The number of rotatable bonds is 7. The van der Waals surface area contributed by atoms with E-state index in [0.29, 0.717) is 18.1 Å². The molecule has 0 unspecified atom stereocenters. The molecule has 0 atom stereocenters. The molecule has 1 saturated heterocycles. The largest absolute Gasteiger partial charge is 0.497 e. The van der Waals surface area contributed by atoms with Crippen molar-refractivity contribution >= 4 is 10.8 Å². The molecule has 1 aromatic heterocycles. The van der Waals surface area contributed by atoms with Gasteiger partial charge >= 0.3 is 0 Å². The minimum Gasteiger partial charge on any atom is -0.497 e. The van der Waals surface area contributed by atoms with Crippen LogP contribution in [0.15, 0.2) is 71.5 Å². The summed E-state index contributed by atoms with van der Waals surface area (Å²) in [4.78, 5) is 22.3. The van der Waals surface area contributed by atoms with Crippen molar-refractivity contribution in [1.82, 2.24) is 14.9 Å². The average Bonchev–Trinajstić information content (AvgIpc) is 2.88. The van der Waals surface area contributed by atoms with Gasteiger partial charge in [-0.1, -0.05) is 18.2 Å². The third-order valence-corrected chi connectivity index (χ3v) is 5.99. The lowest BCUT2D eigenvalue weighted by atomic mass is 10.1. The molecule has 1 aliphatic heterocycles. The number of aromatic nitrogens is 2. The lowest BCUT2D eigenvalue weighted by molar-refractivity contribution is 0.0322. The topological polar surface area (TPSA) is 76.7 Å². The molecular weight excluding hydrogens is 430 g/mol. The fourth-order valence-corrected chi connectivity index (χ4v) is 4.08. The second-order valence-electron chi connectivity index (χ2n) is 8.23. The zero-order valence-corrected chi connectivity index (χ0v) is 19.1. The van der Waals surface area contributed by atoms with Crippen molar-refractivity contribution < 1.29 is 14.2 Å². The molecule has 0 radical (unpaired) electrons. The smallest absolute Gasteiger partial charge is 0.251 e. The molecule has 1 aliphatic rings. The van der Waals surface area contributed by atoms with Gasteiger partial charge in [-0.2, -0.15) is 0 Å². The summed E-state index contributed by atoms with van der Waals surface area (Å²) in [5, 5.41) is 2.12. The molecule has 7 nitrogen and oxygen atoms in total. The first-order chi connectivity index (χ1) is 16.7. The summed E-state index contributed by atoms with van der Waals surface area (Å²) in [5.41, 5.74) is 2.12. The molecule has 34 heavy (non-hydrogen) atoms. The third-order valence-electron chi connectivity index (χ3n) is 5.99. The third kappa shape index (κ3) is 5.11. The molecule has 1 fully saturated rings. The number of morpholine rings is 1. The van der Waals surface area contributed by atoms with Crippen LogP contribution in [0, 0.1) is 0 Å². The minimum absolute atomic E-state index is 0.195. The molecule has 4 aromatic rings. The van der Waals surface area contributed by atoms with Crippen LogP contribution >= 0.6 is 0 Å². The molecule has 0 aliphatic carbocycles. The van der Waals surface area contributed by atoms with Crippen molar-refractivity contribution in [3.8, 4) is 34.1 Å². The first kappa shape index (κ1) is 22.1. The molecule has 0 spiro atoms. The number of ether oxygens (including phenoxy) is 3. The van der Waals surface area contributed by atoms with E-state index < -0.39 is 0 Å². The Morgan fingerprint density at radius 3 is 2.41 bits per heavy atom. The van der Waals surface area contributed by atoms with Crippen molar-refractivity contribution in [2.45, 2.75) is 0 Å². The van der Waals surface area contributed by atoms with Gasteiger partial charge < -0.3 is 19.2 Å². The number of hydrogen-bond donors (Lipinski definition) is 1. The van der Waals surface area contributed by atoms with Crippen molar-refractivity contribution in [2.24, 2.45) is 0 Å². The van der Waals surface area contributed by atoms with Gasteiger partial charge in [0, 0.05) is 36.8 Å². The summed E-state index contributed by atoms with van der Waals surface area (Å²) >= 11 is 0. The van der Waals surface area contributed by atoms with E-state index in [1.807, 2.05) is 60.7 Å². The number of H-pyrrole nitrogens is 1. The van der Waals surface area contributed by atoms with Gasteiger partial charge in [0.05, 0.1) is 26.0 Å². The fourth-order valence-electron chi connectivity index (χ4n) is 4.08. The molecule has 0 saturated carbocycles. The molecule has 7 heteroatoms. The maximum absolute atomic E-state index is 12.4. The minimum atomic E-state index is -0.195. The van der Waals surface area contributed by atoms with Crippen molar-refractivity contribution in [3.63, 3.8) is 0 Å². The van der Waals surface area contributed by atoms with Crippen LogP contribution in [0.5, 0.6) is 11.5 Å². The summed E-state index contributed by atoms with van der Waals surface area (Å²) < 4.78 is 16.6. The van der Waals surface area contributed by atoms with E-state index in [2.05, 4.69) is 9.88 Å². The standard InChI is InChI=1S/C27H27N3O4/c1-32-23-7-4-19(5-8-23)25-18-26(31)29-27(28-25)22-3-2-21-17-24(9-6-20(21)16-22)34-15-12-30-10-13-33-14-11-30/h2-9,16-18H,10-15H2,1H3,(H,28,29,31). The Bertz CT molecular complexity index is 1330.